The Bertz CT molecular complexity index is 827. The van der Waals surface area contributed by atoms with Crippen LogP contribution in [0.4, 0.5) is 0 Å². The van der Waals surface area contributed by atoms with Gasteiger partial charge < -0.3 is 4.90 Å². The van der Waals surface area contributed by atoms with Crippen molar-refractivity contribution >= 4 is 37.3 Å². The van der Waals surface area contributed by atoms with Gasteiger partial charge in [0.15, 0.2) is 5.01 Å². The molecule has 0 N–H and O–H groups in total. The molecule has 0 aliphatic carbocycles. The first-order valence-corrected chi connectivity index (χ1v) is 10.6. The number of carbonyl (C=O) groups excluding carboxylic acids is 1. The van der Waals surface area contributed by atoms with Crippen LogP contribution in [0.1, 0.15) is 35.5 Å². The largest absolute Gasteiger partial charge is 0.331 e. The van der Waals surface area contributed by atoms with Gasteiger partial charge in [0.2, 0.25) is 0 Å². The van der Waals surface area contributed by atoms with Crippen LogP contribution in [0.25, 0.3) is 10.2 Å². The second kappa shape index (κ2) is 5.27. The van der Waals surface area contributed by atoms with Crippen LogP contribution in [-0.2, 0) is 9.84 Å². The zero-order chi connectivity index (χ0) is 16.2. The van der Waals surface area contributed by atoms with E-state index in [1.165, 1.54) is 17.6 Å². The van der Waals surface area contributed by atoms with Crippen molar-refractivity contribution < 1.29 is 13.2 Å². The Labute approximate surface area is 139 Å². The van der Waals surface area contributed by atoms with Gasteiger partial charge in [-0.25, -0.2) is 13.4 Å². The van der Waals surface area contributed by atoms with E-state index >= 15 is 0 Å². The smallest absolute Gasteiger partial charge is 0.283 e. The molecule has 2 aromatic rings. The summed E-state index contributed by atoms with van der Waals surface area (Å²) in [5.74, 6) is -0.0364. The maximum atomic E-state index is 12.9. The molecule has 2 saturated heterocycles. The molecule has 1 amide bonds. The number of fused-ring (bicyclic) bond motifs is 3. The van der Waals surface area contributed by atoms with Gasteiger partial charge >= 0.3 is 0 Å². The Hall–Kier alpha value is -1.47. The third kappa shape index (κ3) is 2.55. The third-order valence-corrected chi connectivity index (χ3v) is 7.63. The average Bonchev–Trinajstić information content (AvgIpc) is 3.04. The molecule has 2 aliphatic rings. The number of benzene rings is 1. The molecule has 2 bridgehead atoms. The molecular weight excluding hydrogens is 332 g/mol. The molecule has 23 heavy (non-hydrogen) atoms. The normalized spacial score (nSPS) is 27.5. The third-order valence-electron chi connectivity index (χ3n) is 5.01. The Balaban J connectivity index is 1.62. The summed E-state index contributed by atoms with van der Waals surface area (Å²) in [5, 5.41) is 0.209. The van der Waals surface area contributed by atoms with Crippen molar-refractivity contribution in [3.05, 3.63) is 29.3 Å². The number of aromatic nitrogens is 1. The first-order chi connectivity index (χ1) is 10.9. The van der Waals surface area contributed by atoms with Crippen molar-refractivity contribution in [2.75, 3.05) is 6.26 Å². The van der Waals surface area contributed by atoms with Gasteiger partial charge in [-0.2, -0.15) is 0 Å². The standard InChI is InChI=1S/C16H18N2O3S2/c1-23(20,21)12-8-10-6-7-11(9-12)18(10)16(19)15-17-13-4-2-3-5-14(13)22-15/h2-5,10-12H,6-9H2,1H3. The Morgan fingerprint density at radius 1 is 1.22 bits per heavy atom. The van der Waals surface area contributed by atoms with E-state index in [4.69, 9.17) is 0 Å². The molecule has 2 aliphatic heterocycles. The summed E-state index contributed by atoms with van der Waals surface area (Å²) in [7, 11) is -3.04. The van der Waals surface area contributed by atoms with Gasteiger partial charge in [-0.05, 0) is 37.8 Å². The molecule has 0 radical (unpaired) electrons. The summed E-state index contributed by atoms with van der Waals surface area (Å²) in [4.78, 5) is 19.3. The fourth-order valence-corrected chi connectivity index (χ4v) is 5.94. The van der Waals surface area contributed by atoms with Crippen LogP contribution < -0.4 is 0 Å². The molecule has 2 fully saturated rings. The average molecular weight is 350 g/mol. The molecule has 2 unspecified atom stereocenters. The lowest BCUT2D eigenvalue weighted by molar-refractivity contribution is 0.0598. The first-order valence-electron chi connectivity index (χ1n) is 7.80. The quantitative estimate of drug-likeness (QED) is 0.834. The monoisotopic (exact) mass is 350 g/mol. The number of carbonyl (C=O) groups is 1. The van der Waals surface area contributed by atoms with Crippen molar-refractivity contribution in [1.82, 2.24) is 9.88 Å². The van der Waals surface area contributed by atoms with E-state index in [2.05, 4.69) is 4.98 Å². The predicted molar refractivity (Wildman–Crippen MR) is 90.5 cm³/mol. The minimum atomic E-state index is -3.04. The topological polar surface area (TPSA) is 67.3 Å². The number of hydrogen-bond donors (Lipinski definition) is 0. The van der Waals surface area contributed by atoms with E-state index in [1.54, 1.807) is 0 Å². The molecular formula is C16H18N2O3S2. The number of piperidine rings is 1. The van der Waals surface area contributed by atoms with E-state index < -0.39 is 9.84 Å². The molecule has 0 saturated carbocycles. The Kier molecular flexibility index (Phi) is 3.46. The zero-order valence-corrected chi connectivity index (χ0v) is 14.4. The molecule has 2 atom stereocenters. The highest BCUT2D eigenvalue weighted by Gasteiger charge is 2.46. The minimum absolute atomic E-state index is 0.0352. The van der Waals surface area contributed by atoms with E-state index in [1.807, 2.05) is 29.2 Å². The number of sulfone groups is 1. The maximum Gasteiger partial charge on any atom is 0.283 e. The van der Waals surface area contributed by atoms with Gasteiger partial charge in [0, 0.05) is 18.3 Å². The maximum absolute atomic E-state index is 12.9. The van der Waals surface area contributed by atoms with Crippen LogP contribution in [0.2, 0.25) is 0 Å². The zero-order valence-electron chi connectivity index (χ0n) is 12.8. The molecule has 5 nitrogen and oxygen atoms in total. The highest BCUT2D eigenvalue weighted by Crippen LogP contribution is 2.39. The van der Waals surface area contributed by atoms with Gasteiger partial charge in [0.05, 0.1) is 15.5 Å². The molecule has 0 spiro atoms. The summed E-state index contributed by atoms with van der Waals surface area (Å²) in [6.07, 6.45) is 4.22. The lowest BCUT2D eigenvalue weighted by Gasteiger charge is -2.37. The second-order valence-corrected chi connectivity index (χ2v) is 9.86. The van der Waals surface area contributed by atoms with Crippen LogP contribution in [0.3, 0.4) is 0 Å². The molecule has 122 valence electrons. The van der Waals surface area contributed by atoms with Gasteiger partial charge in [0.25, 0.3) is 5.91 Å². The molecule has 1 aromatic carbocycles. The van der Waals surface area contributed by atoms with Gasteiger partial charge in [-0.3, -0.25) is 4.79 Å². The molecule has 4 rings (SSSR count). The molecule has 3 heterocycles. The van der Waals surface area contributed by atoms with Crippen molar-refractivity contribution in [3.8, 4) is 0 Å². The second-order valence-electron chi connectivity index (χ2n) is 6.51. The van der Waals surface area contributed by atoms with Gasteiger partial charge in [0.1, 0.15) is 9.84 Å². The highest BCUT2D eigenvalue weighted by molar-refractivity contribution is 7.91. The lowest BCUT2D eigenvalue weighted by atomic mass is 10.0. The van der Waals surface area contributed by atoms with Crippen molar-refractivity contribution in [2.45, 2.75) is 43.0 Å². The van der Waals surface area contributed by atoms with E-state index in [9.17, 15) is 13.2 Å². The number of para-hydroxylation sites is 1. The van der Waals surface area contributed by atoms with E-state index in [-0.39, 0.29) is 23.2 Å². The number of rotatable bonds is 2. The van der Waals surface area contributed by atoms with E-state index in [0.717, 1.165) is 23.1 Å². The number of hydrogen-bond acceptors (Lipinski definition) is 5. The van der Waals surface area contributed by atoms with E-state index in [0.29, 0.717) is 17.8 Å². The number of nitrogens with zero attached hydrogens (tertiary/aromatic N) is 2. The first kappa shape index (κ1) is 15.1. The van der Waals surface area contributed by atoms with Crippen LogP contribution in [0.15, 0.2) is 24.3 Å². The molecule has 1 aromatic heterocycles. The summed E-state index contributed by atoms with van der Waals surface area (Å²) < 4.78 is 24.7. The van der Waals surface area contributed by atoms with Crippen LogP contribution >= 0.6 is 11.3 Å². The SMILES string of the molecule is CS(=O)(=O)C1CC2CCC(C1)N2C(=O)c1nc2ccccc2s1. The minimum Gasteiger partial charge on any atom is -0.331 e. The van der Waals surface area contributed by atoms with Crippen LogP contribution in [0.5, 0.6) is 0 Å². The fourth-order valence-electron chi connectivity index (χ4n) is 3.88. The Morgan fingerprint density at radius 2 is 1.87 bits per heavy atom. The number of amides is 1. The Morgan fingerprint density at radius 3 is 2.48 bits per heavy atom. The van der Waals surface area contributed by atoms with Gasteiger partial charge in [-0.15, -0.1) is 11.3 Å². The van der Waals surface area contributed by atoms with Gasteiger partial charge in [-0.1, -0.05) is 12.1 Å². The van der Waals surface area contributed by atoms with Crippen LogP contribution in [-0.4, -0.2) is 47.8 Å². The number of thiazole rings is 1. The molecule has 7 heteroatoms. The fraction of sp³-hybridized carbons (Fsp3) is 0.500. The van der Waals surface area contributed by atoms with Crippen LogP contribution in [0, 0.1) is 0 Å². The highest BCUT2D eigenvalue weighted by atomic mass is 32.2. The summed E-state index contributed by atoms with van der Waals surface area (Å²) >= 11 is 1.42. The summed E-state index contributed by atoms with van der Waals surface area (Å²) in [6.45, 7) is 0. The van der Waals surface area contributed by atoms with Crippen molar-refractivity contribution in [1.29, 1.82) is 0 Å². The van der Waals surface area contributed by atoms with Crippen molar-refractivity contribution in [3.63, 3.8) is 0 Å². The predicted octanol–water partition coefficient (Wildman–Crippen LogP) is 2.48. The summed E-state index contributed by atoms with van der Waals surface area (Å²) in [6, 6.07) is 7.80. The van der Waals surface area contributed by atoms with Crippen molar-refractivity contribution in [2.24, 2.45) is 0 Å². The lowest BCUT2D eigenvalue weighted by Crippen LogP contribution is -2.49. The summed E-state index contributed by atoms with van der Waals surface area (Å²) in [5.41, 5.74) is 0.846.